The summed E-state index contributed by atoms with van der Waals surface area (Å²) in [7, 11) is 0. The molecule has 0 spiro atoms. The van der Waals surface area contributed by atoms with Crippen LogP contribution in [0.25, 0.3) is 0 Å². The molecule has 18 heavy (non-hydrogen) atoms. The topological polar surface area (TPSA) is 15.3 Å². The lowest BCUT2D eigenvalue weighted by Gasteiger charge is -2.38. The fraction of sp³-hybridized carbons (Fsp3) is 0.625. The van der Waals surface area contributed by atoms with E-state index in [9.17, 15) is 0 Å². The lowest BCUT2D eigenvalue weighted by molar-refractivity contribution is 0.484. The zero-order valence-electron chi connectivity index (χ0n) is 11.4. The van der Waals surface area contributed by atoms with E-state index >= 15 is 0 Å². The van der Waals surface area contributed by atoms with E-state index in [0.29, 0.717) is 6.04 Å². The molecule has 1 heterocycles. The van der Waals surface area contributed by atoms with E-state index in [1.54, 1.807) is 0 Å². The van der Waals surface area contributed by atoms with Crippen LogP contribution in [0.2, 0.25) is 0 Å². The molecule has 1 unspecified atom stereocenters. The summed E-state index contributed by atoms with van der Waals surface area (Å²) in [6, 6.07) is 9.34. The highest BCUT2D eigenvalue weighted by atomic mass is 15.2. The van der Waals surface area contributed by atoms with Gasteiger partial charge >= 0.3 is 0 Å². The first-order valence-electron chi connectivity index (χ1n) is 7.44. The molecular formula is C16H24N2. The number of fused-ring (bicyclic) bond motifs is 1. The van der Waals surface area contributed by atoms with Crippen LogP contribution in [0, 0.1) is 5.92 Å². The lowest BCUT2D eigenvalue weighted by atomic mass is 10.0. The second kappa shape index (κ2) is 5.21. The molecule has 1 aromatic carbocycles. The van der Waals surface area contributed by atoms with Crippen molar-refractivity contribution in [2.75, 3.05) is 23.3 Å². The van der Waals surface area contributed by atoms with Crippen molar-refractivity contribution >= 4 is 11.4 Å². The van der Waals surface area contributed by atoms with E-state index in [1.165, 1.54) is 50.0 Å². The number of rotatable bonds is 3. The summed E-state index contributed by atoms with van der Waals surface area (Å²) in [5, 5.41) is 3.53. The molecule has 1 aliphatic heterocycles. The first-order chi connectivity index (χ1) is 8.84. The summed E-state index contributed by atoms with van der Waals surface area (Å²) in [6.07, 6.45) is 7.21. The molecule has 3 rings (SSSR count). The Hall–Kier alpha value is -1.18. The van der Waals surface area contributed by atoms with E-state index in [1.807, 2.05) is 0 Å². The molecule has 1 atom stereocenters. The maximum absolute atomic E-state index is 3.53. The Bertz CT molecular complexity index is 396. The molecule has 1 fully saturated rings. The Morgan fingerprint density at radius 2 is 2.00 bits per heavy atom. The van der Waals surface area contributed by atoms with Gasteiger partial charge in [0.05, 0.1) is 11.4 Å². The summed E-state index contributed by atoms with van der Waals surface area (Å²) < 4.78 is 0. The third kappa shape index (κ3) is 2.33. The number of hydrogen-bond donors (Lipinski definition) is 1. The van der Waals surface area contributed by atoms with Gasteiger partial charge in [0, 0.05) is 19.1 Å². The molecular weight excluding hydrogens is 220 g/mol. The van der Waals surface area contributed by atoms with Gasteiger partial charge in [0.1, 0.15) is 0 Å². The van der Waals surface area contributed by atoms with Crippen LogP contribution in [0.4, 0.5) is 11.4 Å². The van der Waals surface area contributed by atoms with Crippen molar-refractivity contribution in [3.63, 3.8) is 0 Å². The second-order valence-corrected chi connectivity index (χ2v) is 5.88. The van der Waals surface area contributed by atoms with Gasteiger partial charge in [-0.2, -0.15) is 0 Å². The number of para-hydroxylation sites is 2. The van der Waals surface area contributed by atoms with Crippen LogP contribution in [0.15, 0.2) is 24.3 Å². The highest BCUT2D eigenvalue weighted by molar-refractivity contribution is 5.72. The zero-order chi connectivity index (χ0) is 12.4. The average molecular weight is 244 g/mol. The maximum Gasteiger partial charge on any atom is 0.0605 e. The lowest BCUT2D eigenvalue weighted by Crippen LogP contribution is -2.43. The fourth-order valence-corrected chi connectivity index (χ4v) is 3.44. The van der Waals surface area contributed by atoms with Gasteiger partial charge in [0.15, 0.2) is 0 Å². The SMILES string of the molecule is CC1CNc2ccccc2N1CCC1CCCC1. The van der Waals surface area contributed by atoms with Crippen LogP contribution >= 0.6 is 0 Å². The molecule has 98 valence electrons. The Kier molecular flexibility index (Phi) is 3.44. The highest BCUT2D eigenvalue weighted by Crippen LogP contribution is 2.33. The smallest absolute Gasteiger partial charge is 0.0605 e. The quantitative estimate of drug-likeness (QED) is 0.868. The van der Waals surface area contributed by atoms with E-state index in [4.69, 9.17) is 0 Å². The van der Waals surface area contributed by atoms with Crippen molar-refractivity contribution in [2.45, 2.75) is 45.1 Å². The minimum absolute atomic E-state index is 0.612. The summed E-state index contributed by atoms with van der Waals surface area (Å²) in [4.78, 5) is 2.60. The van der Waals surface area contributed by atoms with Gasteiger partial charge in [0.2, 0.25) is 0 Å². The fourth-order valence-electron chi connectivity index (χ4n) is 3.44. The van der Waals surface area contributed by atoms with E-state index < -0.39 is 0 Å². The first kappa shape index (κ1) is 11.9. The van der Waals surface area contributed by atoms with Crippen LogP contribution in [0.3, 0.4) is 0 Å². The minimum atomic E-state index is 0.612. The van der Waals surface area contributed by atoms with Crippen molar-refractivity contribution < 1.29 is 0 Å². The Labute approximate surface area is 110 Å². The molecule has 1 aliphatic carbocycles. The van der Waals surface area contributed by atoms with Crippen molar-refractivity contribution in [1.82, 2.24) is 0 Å². The van der Waals surface area contributed by atoms with Crippen molar-refractivity contribution in [3.05, 3.63) is 24.3 Å². The molecule has 1 aromatic rings. The minimum Gasteiger partial charge on any atom is -0.381 e. The van der Waals surface area contributed by atoms with Gasteiger partial charge in [-0.1, -0.05) is 37.8 Å². The number of nitrogens with zero attached hydrogens (tertiary/aromatic N) is 1. The predicted molar refractivity (Wildman–Crippen MR) is 78.3 cm³/mol. The third-order valence-corrected chi connectivity index (χ3v) is 4.59. The van der Waals surface area contributed by atoms with Gasteiger partial charge in [-0.25, -0.2) is 0 Å². The molecule has 0 radical (unpaired) electrons. The van der Waals surface area contributed by atoms with Crippen molar-refractivity contribution in [1.29, 1.82) is 0 Å². The van der Waals surface area contributed by atoms with E-state index in [0.717, 1.165) is 12.5 Å². The van der Waals surface area contributed by atoms with Gasteiger partial charge < -0.3 is 10.2 Å². The van der Waals surface area contributed by atoms with Gasteiger partial charge in [0.25, 0.3) is 0 Å². The normalized spacial score (nSPS) is 23.8. The molecule has 0 aromatic heterocycles. The first-order valence-corrected chi connectivity index (χ1v) is 7.44. The number of anilines is 2. The molecule has 1 saturated carbocycles. The maximum atomic E-state index is 3.53. The Morgan fingerprint density at radius 1 is 1.22 bits per heavy atom. The number of benzene rings is 1. The highest BCUT2D eigenvalue weighted by Gasteiger charge is 2.23. The van der Waals surface area contributed by atoms with Crippen molar-refractivity contribution in [3.8, 4) is 0 Å². The molecule has 1 N–H and O–H groups in total. The van der Waals surface area contributed by atoms with E-state index in [2.05, 4.69) is 41.4 Å². The average Bonchev–Trinajstić information content (AvgIpc) is 2.91. The molecule has 2 heteroatoms. The predicted octanol–water partition coefficient (Wildman–Crippen LogP) is 3.89. The summed E-state index contributed by atoms with van der Waals surface area (Å²) in [6.45, 7) is 4.63. The van der Waals surface area contributed by atoms with Crippen LogP contribution in [-0.2, 0) is 0 Å². The van der Waals surface area contributed by atoms with Crippen molar-refractivity contribution in [2.24, 2.45) is 5.92 Å². The molecule has 2 nitrogen and oxygen atoms in total. The summed E-state index contributed by atoms with van der Waals surface area (Å²) >= 11 is 0. The van der Waals surface area contributed by atoms with Crippen LogP contribution in [0.1, 0.15) is 39.0 Å². The van der Waals surface area contributed by atoms with Crippen LogP contribution in [-0.4, -0.2) is 19.1 Å². The van der Waals surface area contributed by atoms with Gasteiger partial charge in [-0.15, -0.1) is 0 Å². The third-order valence-electron chi connectivity index (χ3n) is 4.59. The molecule has 0 saturated heterocycles. The number of nitrogens with one attached hydrogen (secondary N) is 1. The Morgan fingerprint density at radius 3 is 2.83 bits per heavy atom. The van der Waals surface area contributed by atoms with Gasteiger partial charge in [-0.05, 0) is 31.4 Å². The van der Waals surface area contributed by atoms with Crippen LogP contribution < -0.4 is 10.2 Å². The molecule has 0 bridgehead atoms. The Balaban J connectivity index is 1.69. The number of hydrogen-bond acceptors (Lipinski definition) is 2. The van der Waals surface area contributed by atoms with E-state index in [-0.39, 0.29) is 0 Å². The summed E-state index contributed by atoms with van der Waals surface area (Å²) in [5.74, 6) is 0.985. The molecule has 2 aliphatic rings. The van der Waals surface area contributed by atoms with Crippen LogP contribution in [0.5, 0.6) is 0 Å². The zero-order valence-corrected chi connectivity index (χ0v) is 11.4. The largest absolute Gasteiger partial charge is 0.381 e. The second-order valence-electron chi connectivity index (χ2n) is 5.88. The monoisotopic (exact) mass is 244 g/mol. The molecule has 0 amide bonds. The summed E-state index contributed by atoms with van der Waals surface area (Å²) in [5.41, 5.74) is 2.70. The standard InChI is InChI=1S/C16H24N2/c1-13-12-17-15-8-4-5-9-16(15)18(13)11-10-14-6-2-3-7-14/h4-5,8-9,13-14,17H,2-3,6-7,10-12H2,1H3. The van der Waals surface area contributed by atoms with Gasteiger partial charge in [-0.3, -0.25) is 0 Å².